The van der Waals surface area contributed by atoms with Crippen molar-refractivity contribution in [1.29, 1.82) is 0 Å². The quantitative estimate of drug-likeness (QED) is 0.461. The molecular formula is C16H26FN3O. The summed E-state index contributed by atoms with van der Waals surface area (Å²) >= 11 is 0. The largest absolute Gasteiger partial charge is 0.385 e. The van der Waals surface area contributed by atoms with Gasteiger partial charge in [0.2, 0.25) is 0 Å². The lowest BCUT2D eigenvalue weighted by molar-refractivity contribution is 0.195. The van der Waals surface area contributed by atoms with Crippen LogP contribution in [-0.2, 0) is 10.2 Å². The van der Waals surface area contributed by atoms with Gasteiger partial charge in [-0.15, -0.1) is 0 Å². The first kappa shape index (κ1) is 17.4. The van der Waals surface area contributed by atoms with Crippen LogP contribution in [0.3, 0.4) is 0 Å². The van der Waals surface area contributed by atoms with Crippen molar-refractivity contribution in [2.24, 2.45) is 4.99 Å². The van der Waals surface area contributed by atoms with E-state index >= 15 is 0 Å². The number of halogens is 1. The van der Waals surface area contributed by atoms with Crippen molar-refractivity contribution in [1.82, 2.24) is 10.6 Å². The lowest BCUT2D eigenvalue weighted by Gasteiger charge is -2.26. The van der Waals surface area contributed by atoms with E-state index in [0.29, 0.717) is 6.54 Å². The highest BCUT2D eigenvalue weighted by Gasteiger charge is 2.21. The lowest BCUT2D eigenvalue weighted by Crippen LogP contribution is -2.43. The summed E-state index contributed by atoms with van der Waals surface area (Å²) in [5.41, 5.74) is 0.775. The number of nitrogens with one attached hydrogen (secondary N) is 2. The Hall–Kier alpha value is -1.62. The summed E-state index contributed by atoms with van der Waals surface area (Å²) in [6.07, 6.45) is 0.921. The Labute approximate surface area is 126 Å². The molecule has 0 spiro atoms. The number of hydrogen-bond donors (Lipinski definition) is 2. The van der Waals surface area contributed by atoms with Gasteiger partial charge in [0.25, 0.3) is 0 Å². The summed E-state index contributed by atoms with van der Waals surface area (Å²) < 4.78 is 18.3. The van der Waals surface area contributed by atoms with Crippen molar-refractivity contribution in [2.75, 3.05) is 33.9 Å². The van der Waals surface area contributed by atoms with Crippen molar-refractivity contribution in [3.63, 3.8) is 0 Å². The highest BCUT2D eigenvalue weighted by atomic mass is 19.1. The van der Waals surface area contributed by atoms with E-state index in [0.717, 1.165) is 31.1 Å². The Kier molecular flexibility index (Phi) is 7.15. The molecule has 1 aromatic rings. The van der Waals surface area contributed by atoms with Gasteiger partial charge in [0.15, 0.2) is 5.96 Å². The predicted molar refractivity (Wildman–Crippen MR) is 85.3 cm³/mol. The fourth-order valence-electron chi connectivity index (χ4n) is 1.96. The van der Waals surface area contributed by atoms with Crippen molar-refractivity contribution in [2.45, 2.75) is 25.7 Å². The van der Waals surface area contributed by atoms with E-state index in [4.69, 9.17) is 4.74 Å². The SMILES string of the molecule is CN=C(NCCCOC)NCC(C)(C)c1cccc(F)c1. The first-order valence-electron chi connectivity index (χ1n) is 7.19. The summed E-state index contributed by atoms with van der Waals surface area (Å²) in [6.45, 7) is 6.34. The van der Waals surface area contributed by atoms with Gasteiger partial charge in [-0.05, 0) is 24.1 Å². The first-order chi connectivity index (χ1) is 9.99. The molecule has 118 valence electrons. The van der Waals surface area contributed by atoms with Crippen molar-refractivity contribution in [3.8, 4) is 0 Å². The Balaban J connectivity index is 2.51. The van der Waals surface area contributed by atoms with E-state index in [1.807, 2.05) is 6.07 Å². The van der Waals surface area contributed by atoms with E-state index in [1.54, 1.807) is 26.3 Å². The molecule has 0 bridgehead atoms. The van der Waals surface area contributed by atoms with Crippen LogP contribution in [0.25, 0.3) is 0 Å². The molecule has 0 saturated heterocycles. The highest BCUT2D eigenvalue weighted by Crippen LogP contribution is 2.22. The molecule has 4 nitrogen and oxygen atoms in total. The summed E-state index contributed by atoms with van der Waals surface area (Å²) in [4.78, 5) is 4.18. The zero-order valence-corrected chi connectivity index (χ0v) is 13.4. The standard InChI is InChI=1S/C16H26FN3O/c1-16(2,13-7-5-8-14(17)11-13)12-20-15(18-3)19-9-6-10-21-4/h5,7-8,11H,6,9-10,12H2,1-4H3,(H2,18,19,20). The molecule has 0 unspecified atom stereocenters. The maximum atomic E-state index is 13.3. The average Bonchev–Trinajstić information content (AvgIpc) is 2.46. The van der Waals surface area contributed by atoms with Crippen LogP contribution >= 0.6 is 0 Å². The average molecular weight is 295 g/mol. The molecule has 0 aromatic heterocycles. The zero-order chi connectivity index (χ0) is 15.7. The van der Waals surface area contributed by atoms with Gasteiger partial charge in [-0.1, -0.05) is 26.0 Å². The fourth-order valence-corrected chi connectivity index (χ4v) is 1.96. The van der Waals surface area contributed by atoms with Crippen molar-refractivity contribution in [3.05, 3.63) is 35.6 Å². The maximum Gasteiger partial charge on any atom is 0.191 e. The van der Waals surface area contributed by atoms with E-state index < -0.39 is 0 Å². The van der Waals surface area contributed by atoms with Crippen LogP contribution in [0.4, 0.5) is 4.39 Å². The maximum absolute atomic E-state index is 13.3. The molecule has 5 heteroatoms. The second-order valence-electron chi connectivity index (χ2n) is 5.59. The molecule has 0 aliphatic heterocycles. The molecule has 0 aliphatic rings. The van der Waals surface area contributed by atoms with Gasteiger partial charge in [-0.3, -0.25) is 4.99 Å². The second-order valence-corrected chi connectivity index (χ2v) is 5.59. The van der Waals surface area contributed by atoms with E-state index in [9.17, 15) is 4.39 Å². The normalized spacial score (nSPS) is 12.3. The van der Waals surface area contributed by atoms with E-state index in [-0.39, 0.29) is 11.2 Å². The third-order valence-electron chi connectivity index (χ3n) is 3.35. The summed E-state index contributed by atoms with van der Waals surface area (Å²) in [5.74, 6) is 0.540. The monoisotopic (exact) mass is 295 g/mol. The zero-order valence-electron chi connectivity index (χ0n) is 13.4. The Morgan fingerprint density at radius 3 is 2.71 bits per heavy atom. The highest BCUT2D eigenvalue weighted by molar-refractivity contribution is 5.79. The van der Waals surface area contributed by atoms with Crippen LogP contribution < -0.4 is 10.6 Å². The molecular weight excluding hydrogens is 269 g/mol. The van der Waals surface area contributed by atoms with Crippen molar-refractivity contribution >= 4 is 5.96 Å². The van der Waals surface area contributed by atoms with Crippen LogP contribution in [-0.4, -0.2) is 39.8 Å². The number of benzene rings is 1. The number of rotatable bonds is 7. The Bertz CT molecular complexity index is 461. The summed E-state index contributed by atoms with van der Waals surface area (Å²) in [7, 11) is 3.43. The molecule has 0 amide bonds. The van der Waals surface area contributed by atoms with E-state index in [2.05, 4.69) is 29.5 Å². The molecule has 0 radical (unpaired) electrons. The molecule has 21 heavy (non-hydrogen) atoms. The summed E-state index contributed by atoms with van der Waals surface area (Å²) in [5, 5.41) is 6.50. The van der Waals surface area contributed by atoms with Crippen LogP contribution in [0.5, 0.6) is 0 Å². The van der Waals surface area contributed by atoms with Gasteiger partial charge in [0.1, 0.15) is 5.82 Å². The van der Waals surface area contributed by atoms with Crippen LogP contribution in [0.2, 0.25) is 0 Å². The molecule has 1 rings (SSSR count). The van der Waals surface area contributed by atoms with Gasteiger partial charge in [0, 0.05) is 39.3 Å². The van der Waals surface area contributed by atoms with Gasteiger partial charge in [-0.2, -0.15) is 0 Å². The second kappa shape index (κ2) is 8.62. The molecule has 0 aliphatic carbocycles. The minimum atomic E-state index is -0.206. The molecule has 0 fully saturated rings. The third kappa shape index (κ3) is 6.12. The first-order valence-corrected chi connectivity index (χ1v) is 7.19. The number of guanidine groups is 1. The molecule has 0 atom stereocenters. The molecule has 2 N–H and O–H groups in total. The summed E-state index contributed by atoms with van der Waals surface area (Å²) in [6, 6.07) is 6.73. The minimum absolute atomic E-state index is 0.188. The van der Waals surface area contributed by atoms with Crippen LogP contribution in [0.1, 0.15) is 25.8 Å². The van der Waals surface area contributed by atoms with Gasteiger partial charge < -0.3 is 15.4 Å². The number of hydrogen-bond acceptors (Lipinski definition) is 2. The molecule has 1 aromatic carbocycles. The Morgan fingerprint density at radius 2 is 2.10 bits per heavy atom. The Morgan fingerprint density at radius 1 is 1.33 bits per heavy atom. The number of nitrogens with zero attached hydrogens (tertiary/aromatic N) is 1. The predicted octanol–water partition coefficient (Wildman–Crippen LogP) is 2.30. The topological polar surface area (TPSA) is 45.7 Å². The molecule has 0 saturated carbocycles. The number of aliphatic imine (C=N–C) groups is 1. The van der Waals surface area contributed by atoms with Crippen molar-refractivity contribution < 1.29 is 9.13 Å². The third-order valence-corrected chi connectivity index (χ3v) is 3.35. The van der Waals surface area contributed by atoms with Crippen LogP contribution in [0.15, 0.2) is 29.3 Å². The smallest absolute Gasteiger partial charge is 0.191 e. The van der Waals surface area contributed by atoms with Crippen LogP contribution in [0, 0.1) is 5.82 Å². The number of ether oxygens (including phenoxy) is 1. The van der Waals surface area contributed by atoms with Gasteiger partial charge >= 0.3 is 0 Å². The fraction of sp³-hybridized carbons (Fsp3) is 0.562. The lowest BCUT2D eigenvalue weighted by atomic mass is 9.84. The molecule has 0 heterocycles. The van der Waals surface area contributed by atoms with E-state index in [1.165, 1.54) is 6.07 Å². The minimum Gasteiger partial charge on any atom is -0.385 e. The van der Waals surface area contributed by atoms with Gasteiger partial charge in [-0.25, -0.2) is 4.39 Å². The van der Waals surface area contributed by atoms with Gasteiger partial charge in [0.05, 0.1) is 0 Å². The number of methoxy groups -OCH3 is 1.